The smallest absolute Gasteiger partial charge is 0.230 e. The normalized spacial score (nSPS) is 11.5. The highest BCUT2D eigenvalue weighted by Crippen LogP contribution is 2.15. The second kappa shape index (κ2) is 8.69. The molecular weight excluding hydrogens is 308 g/mol. The zero-order valence-corrected chi connectivity index (χ0v) is 13.4. The number of aliphatic carboxylic acids is 1. The van der Waals surface area contributed by atoms with Crippen molar-refractivity contribution in [3.8, 4) is 5.75 Å². The van der Waals surface area contributed by atoms with Gasteiger partial charge in [0.2, 0.25) is 5.91 Å². The monoisotopic (exact) mass is 328 g/mol. The minimum atomic E-state index is -1.25. The molecule has 0 saturated heterocycles. The molecule has 2 rings (SSSR count). The van der Waals surface area contributed by atoms with Crippen molar-refractivity contribution in [3.63, 3.8) is 0 Å². The van der Waals surface area contributed by atoms with Crippen LogP contribution in [0.5, 0.6) is 5.75 Å². The Labute approximate surface area is 140 Å². The van der Waals surface area contributed by atoms with Crippen LogP contribution in [0.25, 0.3) is 0 Å². The molecule has 0 unspecified atom stereocenters. The summed E-state index contributed by atoms with van der Waals surface area (Å²) in [4.78, 5) is 23.3. The summed E-state index contributed by atoms with van der Waals surface area (Å²) in [6, 6.07) is 15.3. The van der Waals surface area contributed by atoms with Crippen LogP contribution in [0.2, 0.25) is 0 Å². The minimum Gasteiger partial charge on any atom is -0.544 e. The average Bonchev–Trinajstić information content (AvgIpc) is 2.60. The van der Waals surface area contributed by atoms with Crippen molar-refractivity contribution in [1.29, 1.82) is 0 Å². The number of carboxylic acids is 1. The number of carbonyl (C=O) groups excluding carboxylic acids is 2. The van der Waals surface area contributed by atoms with Crippen LogP contribution < -0.4 is 20.5 Å². The van der Waals surface area contributed by atoms with Gasteiger partial charge in [0, 0.05) is 11.3 Å². The van der Waals surface area contributed by atoms with Gasteiger partial charge in [0.15, 0.2) is 0 Å². The molecule has 126 valence electrons. The highest BCUT2D eigenvalue weighted by molar-refractivity contribution is 5.93. The molecule has 0 radical (unpaired) electrons. The summed E-state index contributed by atoms with van der Waals surface area (Å²) in [5.74, 6) is -0.953. The number of amides is 1. The first-order valence-corrected chi connectivity index (χ1v) is 7.60. The van der Waals surface area contributed by atoms with Gasteiger partial charge in [0.25, 0.3) is 0 Å². The number of anilines is 1. The minimum absolute atomic E-state index is 0.165. The van der Waals surface area contributed by atoms with Crippen LogP contribution in [0, 0.1) is 0 Å². The van der Waals surface area contributed by atoms with Crippen molar-refractivity contribution in [2.45, 2.75) is 19.0 Å². The van der Waals surface area contributed by atoms with E-state index in [1.54, 1.807) is 36.7 Å². The number of hydrogen-bond acceptors (Lipinski definition) is 4. The Kier molecular flexibility index (Phi) is 6.33. The van der Waals surface area contributed by atoms with Crippen molar-refractivity contribution >= 4 is 17.6 Å². The first kappa shape index (κ1) is 17.5. The lowest BCUT2D eigenvalue weighted by atomic mass is 10.1. The van der Waals surface area contributed by atoms with Gasteiger partial charge in [-0.15, -0.1) is 0 Å². The molecule has 3 N–H and O–H groups in total. The van der Waals surface area contributed by atoms with E-state index in [4.69, 9.17) is 4.74 Å². The second-order valence-corrected chi connectivity index (χ2v) is 5.33. The summed E-state index contributed by atoms with van der Waals surface area (Å²) < 4.78 is 5.04. The quantitative estimate of drug-likeness (QED) is 0.708. The summed E-state index contributed by atoms with van der Waals surface area (Å²) in [5, 5.41) is 15.5. The van der Waals surface area contributed by atoms with Crippen LogP contribution in [0.1, 0.15) is 12.0 Å². The largest absolute Gasteiger partial charge is 0.544 e. The number of hydrogen-bond donors (Lipinski definition) is 2. The average molecular weight is 328 g/mol. The van der Waals surface area contributed by atoms with Crippen molar-refractivity contribution in [3.05, 3.63) is 60.2 Å². The van der Waals surface area contributed by atoms with E-state index in [0.717, 1.165) is 5.56 Å². The Hall–Kier alpha value is -2.86. The van der Waals surface area contributed by atoms with E-state index in [1.807, 2.05) is 30.3 Å². The maximum Gasteiger partial charge on any atom is 0.230 e. The standard InChI is InChI=1S/C18H20N2O4/c1-24-15-9-7-14(8-10-15)20-17(21)11-16(18(22)23)19-12-13-5-3-2-4-6-13/h2-10,16,19H,11-12H2,1H3,(H,20,21)(H,22,23)/t16-/m1/s1. The Morgan fingerprint density at radius 2 is 1.79 bits per heavy atom. The van der Waals surface area contributed by atoms with Gasteiger partial charge in [-0.3, -0.25) is 4.79 Å². The van der Waals surface area contributed by atoms with Crippen molar-refractivity contribution in [2.75, 3.05) is 12.4 Å². The van der Waals surface area contributed by atoms with Gasteiger partial charge in [-0.1, -0.05) is 30.3 Å². The first-order valence-electron chi connectivity index (χ1n) is 7.60. The third-order valence-electron chi connectivity index (χ3n) is 3.56. The van der Waals surface area contributed by atoms with E-state index in [2.05, 4.69) is 5.32 Å². The van der Waals surface area contributed by atoms with E-state index < -0.39 is 12.0 Å². The summed E-state index contributed by atoms with van der Waals surface area (Å²) in [7, 11) is 1.56. The maximum absolute atomic E-state index is 12.0. The molecule has 0 spiro atoms. The number of benzene rings is 2. The number of methoxy groups -OCH3 is 1. The maximum atomic E-state index is 12.0. The van der Waals surface area contributed by atoms with Gasteiger partial charge >= 0.3 is 0 Å². The highest BCUT2D eigenvalue weighted by atomic mass is 16.5. The molecule has 1 amide bonds. The molecule has 0 fully saturated rings. The molecule has 0 saturated carbocycles. The van der Waals surface area contributed by atoms with E-state index in [9.17, 15) is 14.7 Å². The zero-order valence-electron chi connectivity index (χ0n) is 13.4. The van der Waals surface area contributed by atoms with Gasteiger partial charge in [-0.05, 0) is 24.3 Å². The fourth-order valence-electron chi connectivity index (χ4n) is 2.24. The predicted octanol–water partition coefficient (Wildman–Crippen LogP) is -0.0941. The number of nitrogens with one attached hydrogen (secondary N) is 1. The highest BCUT2D eigenvalue weighted by Gasteiger charge is 2.18. The molecule has 2 aromatic rings. The van der Waals surface area contributed by atoms with Crippen LogP contribution in [0.3, 0.4) is 0 Å². The molecule has 0 bridgehead atoms. The Bertz CT molecular complexity index is 671. The number of quaternary nitrogens is 1. The second-order valence-electron chi connectivity index (χ2n) is 5.33. The lowest BCUT2D eigenvalue weighted by molar-refractivity contribution is -0.697. The van der Waals surface area contributed by atoms with E-state index >= 15 is 0 Å². The molecule has 0 aliphatic heterocycles. The molecule has 0 aliphatic rings. The number of nitrogens with two attached hydrogens (primary N) is 1. The fourth-order valence-corrected chi connectivity index (χ4v) is 2.24. The first-order chi connectivity index (χ1) is 11.6. The van der Waals surface area contributed by atoms with Gasteiger partial charge in [0.1, 0.15) is 18.3 Å². The summed E-state index contributed by atoms with van der Waals surface area (Å²) in [6.07, 6.45) is -0.165. The van der Waals surface area contributed by atoms with Crippen molar-refractivity contribution in [2.24, 2.45) is 0 Å². The van der Waals surface area contributed by atoms with Gasteiger partial charge in [0.05, 0.1) is 19.5 Å². The molecule has 0 heterocycles. The van der Waals surface area contributed by atoms with Crippen molar-refractivity contribution in [1.82, 2.24) is 0 Å². The number of rotatable bonds is 8. The SMILES string of the molecule is COc1ccc(NC(=O)C[C@@H]([NH2+]Cc2ccccc2)C(=O)[O-])cc1. The predicted molar refractivity (Wildman–Crippen MR) is 87.1 cm³/mol. The summed E-state index contributed by atoms with van der Waals surface area (Å²) >= 11 is 0. The molecule has 2 aromatic carbocycles. The molecular formula is C18H20N2O4. The van der Waals surface area contributed by atoms with Crippen LogP contribution in [0.15, 0.2) is 54.6 Å². The van der Waals surface area contributed by atoms with Crippen LogP contribution in [-0.4, -0.2) is 25.0 Å². The van der Waals surface area contributed by atoms with E-state index in [-0.39, 0.29) is 12.3 Å². The zero-order chi connectivity index (χ0) is 17.4. The molecule has 24 heavy (non-hydrogen) atoms. The topological polar surface area (TPSA) is 95.1 Å². The third-order valence-corrected chi connectivity index (χ3v) is 3.56. The van der Waals surface area contributed by atoms with Gasteiger partial charge in [-0.2, -0.15) is 0 Å². The summed E-state index contributed by atoms with van der Waals surface area (Å²) in [5.41, 5.74) is 1.57. The van der Waals surface area contributed by atoms with E-state index in [0.29, 0.717) is 18.0 Å². The van der Waals surface area contributed by atoms with Crippen LogP contribution >= 0.6 is 0 Å². The summed E-state index contributed by atoms with van der Waals surface area (Å²) in [6.45, 7) is 0.468. The molecule has 6 nitrogen and oxygen atoms in total. The fraction of sp³-hybridized carbons (Fsp3) is 0.222. The van der Waals surface area contributed by atoms with Crippen LogP contribution in [-0.2, 0) is 16.1 Å². The molecule has 0 aromatic heterocycles. The third kappa shape index (κ3) is 5.40. The Morgan fingerprint density at radius 3 is 2.38 bits per heavy atom. The van der Waals surface area contributed by atoms with E-state index in [1.165, 1.54) is 0 Å². The van der Waals surface area contributed by atoms with Crippen LogP contribution in [0.4, 0.5) is 5.69 Å². The molecule has 6 heteroatoms. The molecule has 1 atom stereocenters. The van der Waals surface area contributed by atoms with Gasteiger partial charge < -0.3 is 25.3 Å². The number of carboxylic acid groups (broad SMARTS) is 1. The molecule has 0 aliphatic carbocycles. The lowest BCUT2D eigenvalue weighted by Gasteiger charge is -2.16. The Morgan fingerprint density at radius 1 is 1.12 bits per heavy atom. The lowest BCUT2D eigenvalue weighted by Crippen LogP contribution is -2.92. The van der Waals surface area contributed by atoms with Crippen molar-refractivity contribution < 1.29 is 24.7 Å². The number of carbonyl (C=O) groups is 2. The Balaban J connectivity index is 1.89. The van der Waals surface area contributed by atoms with Gasteiger partial charge in [-0.25, -0.2) is 0 Å². The number of ether oxygens (including phenoxy) is 1.